The van der Waals surface area contributed by atoms with E-state index in [-0.39, 0.29) is 0 Å². The Hall–Kier alpha value is -3.53. The van der Waals surface area contributed by atoms with Gasteiger partial charge in [-0.1, -0.05) is 41.9 Å². The fraction of sp³-hybridized carbons (Fsp3) is 0.0833. The molecule has 0 bridgehead atoms. The molecule has 172 valence electrons. The Kier molecular flexibility index (Phi) is 7.36. The molecule has 0 atom stereocenters. The summed E-state index contributed by atoms with van der Waals surface area (Å²) < 4.78 is 5.06. The molecule has 4 rings (SSSR count). The summed E-state index contributed by atoms with van der Waals surface area (Å²) in [5.41, 5.74) is 3.85. The van der Waals surface area contributed by atoms with Crippen molar-refractivity contribution >= 4 is 68.4 Å². The Labute approximate surface area is 211 Å². The van der Waals surface area contributed by atoms with Gasteiger partial charge in [-0.05, 0) is 61.1 Å². The predicted molar refractivity (Wildman–Crippen MR) is 142 cm³/mol. The highest BCUT2D eigenvalue weighted by molar-refractivity contribution is 7.80. The van der Waals surface area contributed by atoms with Crippen molar-refractivity contribution in [2.75, 3.05) is 23.1 Å². The first-order valence-corrected chi connectivity index (χ1v) is 11.8. The van der Waals surface area contributed by atoms with Crippen molar-refractivity contribution < 1.29 is 9.53 Å². The van der Waals surface area contributed by atoms with Gasteiger partial charge in [-0.2, -0.15) is 0 Å². The molecule has 0 aliphatic heterocycles. The molecule has 4 aromatic rings. The zero-order chi connectivity index (χ0) is 24.1. The quantitative estimate of drug-likeness (QED) is 0.200. The summed E-state index contributed by atoms with van der Waals surface area (Å²) in [7, 11) is 1.37. The van der Waals surface area contributed by atoms with Gasteiger partial charge in [-0.25, -0.2) is 4.79 Å². The van der Waals surface area contributed by atoms with Crippen LogP contribution in [-0.4, -0.2) is 28.4 Å². The van der Waals surface area contributed by atoms with Crippen LogP contribution in [0.5, 0.6) is 0 Å². The number of aryl methyl sites for hydroxylation is 1. The fourth-order valence-electron chi connectivity index (χ4n) is 3.31. The lowest BCUT2D eigenvalue weighted by Crippen LogP contribution is -2.20. The topological polar surface area (TPSA) is 88.2 Å². The lowest BCUT2D eigenvalue weighted by atomic mass is 10.0. The molecule has 0 radical (unpaired) electrons. The zero-order valence-corrected chi connectivity index (χ0v) is 20.6. The minimum Gasteiger partial charge on any atom is -0.465 e. The normalized spacial score (nSPS) is 10.4. The summed E-state index contributed by atoms with van der Waals surface area (Å²) in [6.07, 6.45) is 0. The minimum atomic E-state index is -0.422. The highest BCUT2D eigenvalue weighted by atomic mass is 35.5. The molecule has 10 heteroatoms. The maximum Gasteiger partial charge on any atom is 0.341 e. The van der Waals surface area contributed by atoms with Gasteiger partial charge in [-0.15, -0.1) is 21.5 Å². The average molecular weight is 510 g/mol. The fourth-order valence-corrected chi connectivity index (χ4v) is 4.77. The molecule has 0 aliphatic rings. The summed E-state index contributed by atoms with van der Waals surface area (Å²) in [5.74, 6) is 0.161. The van der Waals surface area contributed by atoms with Crippen LogP contribution < -0.4 is 16.0 Å². The summed E-state index contributed by atoms with van der Waals surface area (Å²) in [4.78, 5) is 13.6. The van der Waals surface area contributed by atoms with Crippen LogP contribution in [-0.2, 0) is 4.74 Å². The number of benzene rings is 2. The number of carbonyl (C=O) groups is 1. The lowest BCUT2D eigenvalue weighted by Gasteiger charge is -2.12. The number of anilines is 4. The molecule has 2 aromatic carbocycles. The van der Waals surface area contributed by atoms with Gasteiger partial charge in [0.15, 0.2) is 16.1 Å². The monoisotopic (exact) mass is 509 g/mol. The van der Waals surface area contributed by atoms with Crippen molar-refractivity contribution in [1.29, 1.82) is 0 Å². The number of esters is 1. The summed E-state index contributed by atoms with van der Waals surface area (Å²) in [6.45, 7) is 1.97. The van der Waals surface area contributed by atoms with Gasteiger partial charge in [0.25, 0.3) is 0 Å². The SMILES string of the molecule is COC(=O)c1c(NC(=S)Nc2ccc(Nc3ccc(Cl)nn3)cc2)sc(C)c1-c1ccccc1. The third kappa shape index (κ3) is 5.51. The number of thiocarbonyl (C=S) groups is 1. The van der Waals surface area contributed by atoms with Crippen molar-refractivity contribution in [3.05, 3.63) is 82.3 Å². The van der Waals surface area contributed by atoms with Crippen molar-refractivity contribution in [3.63, 3.8) is 0 Å². The van der Waals surface area contributed by atoms with Crippen LogP contribution >= 0.6 is 35.2 Å². The molecule has 0 spiro atoms. The molecule has 2 aromatic heterocycles. The van der Waals surface area contributed by atoms with Crippen LogP contribution in [0.1, 0.15) is 15.2 Å². The third-order valence-corrected chi connectivity index (χ3v) is 6.24. The zero-order valence-electron chi connectivity index (χ0n) is 18.3. The summed E-state index contributed by atoms with van der Waals surface area (Å²) in [6, 6.07) is 20.6. The number of halogens is 1. The number of hydrogen-bond acceptors (Lipinski definition) is 7. The van der Waals surface area contributed by atoms with Gasteiger partial charge in [0.2, 0.25) is 0 Å². The van der Waals surface area contributed by atoms with Gasteiger partial charge in [0.1, 0.15) is 10.6 Å². The van der Waals surface area contributed by atoms with E-state index in [0.717, 1.165) is 27.4 Å². The number of hydrogen-bond donors (Lipinski definition) is 3. The van der Waals surface area contributed by atoms with Crippen LogP contribution in [0, 0.1) is 6.92 Å². The highest BCUT2D eigenvalue weighted by Crippen LogP contribution is 2.40. The Morgan fingerprint density at radius 2 is 1.68 bits per heavy atom. The van der Waals surface area contributed by atoms with Crippen LogP contribution in [0.15, 0.2) is 66.7 Å². The number of carbonyl (C=O) groups excluding carboxylic acids is 1. The number of ether oxygens (including phenoxy) is 1. The second-order valence-corrected chi connectivity index (χ2v) is 9.14. The van der Waals surface area contributed by atoms with Crippen molar-refractivity contribution in [2.24, 2.45) is 0 Å². The molecule has 0 amide bonds. The van der Waals surface area contributed by atoms with E-state index in [1.165, 1.54) is 18.4 Å². The number of rotatable bonds is 6. The van der Waals surface area contributed by atoms with Crippen LogP contribution in [0.25, 0.3) is 11.1 Å². The Morgan fingerprint density at radius 3 is 2.32 bits per heavy atom. The smallest absolute Gasteiger partial charge is 0.341 e. The minimum absolute atomic E-state index is 0.332. The maximum absolute atomic E-state index is 12.6. The molecule has 0 unspecified atom stereocenters. The standard InChI is InChI=1S/C24H20ClN5O2S2/c1-14-20(15-6-4-3-5-7-15)21(23(31)32-2)22(34-14)28-24(33)27-17-10-8-16(9-11-17)26-19-13-12-18(25)29-30-19/h3-13H,1-2H3,(H,26,30)(H2,27,28,33). The largest absolute Gasteiger partial charge is 0.465 e. The van der Waals surface area contributed by atoms with Crippen molar-refractivity contribution in [3.8, 4) is 11.1 Å². The molecule has 7 nitrogen and oxygen atoms in total. The number of methoxy groups -OCH3 is 1. The number of nitrogens with zero attached hydrogens (tertiary/aromatic N) is 2. The second kappa shape index (κ2) is 10.6. The van der Waals surface area contributed by atoms with Gasteiger partial charge >= 0.3 is 5.97 Å². The number of aromatic nitrogens is 2. The Bertz CT molecular complexity index is 1310. The summed E-state index contributed by atoms with van der Waals surface area (Å²) in [5, 5.41) is 18.5. The van der Waals surface area contributed by atoms with Crippen molar-refractivity contribution in [2.45, 2.75) is 6.92 Å². The van der Waals surface area contributed by atoms with Crippen LogP contribution in [0.2, 0.25) is 5.15 Å². The molecule has 0 aliphatic carbocycles. The lowest BCUT2D eigenvalue weighted by molar-refractivity contribution is 0.0603. The van der Waals surface area contributed by atoms with E-state index in [1.807, 2.05) is 61.5 Å². The first kappa shape index (κ1) is 23.6. The molecule has 0 saturated heterocycles. The first-order valence-electron chi connectivity index (χ1n) is 10.2. The summed E-state index contributed by atoms with van der Waals surface area (Å²) >= 11 is 12.7. The number of nitrogens with one attached hydrogen (secondary N) is 3. The maximum atomic E-state index is 12.6. The van der Waals surface area contributed by atoms with Gasteiger partial charge in [0, 0.05) is 21.8 Å². The van der Waals surface area contributed by atoms with Crippen LogP contribution in [0.3, 0.4) is 0 Å². The van der Waals surface area contributed by atoms with Crippen LogP contribution in [0.4, 0.5) is 22.2 Å². The van der Waals surface area contributed by atoms with E-state index in [1.54, 1.807) is 12.1 Å². The molecule has 2 heterocycles. The Morgan fingerprint density at radius 1 is 0.971 bits per heavy atom. The second-order valence-electron chi connectivity index (χ2n) is 7.12. The van der Waals surface area contributed by atoms with Crippen molar-refractivity contribution in [1.82, 2.24) is 10.2 Å². The molecular formula is C24H20ClN5O2S2. The predicted octanol–water partition coefficient (Wildman–Crippen LogP) is 6.51. The van der Waals surface area contributed by atoms with E-state index >= 15 is 0 Å². The van der Waals surface area contributed by atoms with Gasteiger partial charge in [0.05, 0.1) is 7.11 Å². The van der Waals surface area contributed by atoms with E-state index < -0.39 is 5.97 Å². The average Bonchev–Trinajstić information content (AvgIpc) is 3.17. The van der Waals surface area contributed by atoms with Gasteiger partial charge in [-0.3, -0.25) is 0 Å². The molecule has 3 N–H and O–H groups in total. The third-order valence-electron chi connectivity index (χ3n) is 4.81. The molecule has 0 saturated carbocycles. The van der Waals surface area contributed by atoms with E-state index in [0.29, 0.717) is 26.6 Å². The van der Waals surface area contributed by atoms with Gasteiger partial charge < -0.3 is 20.7 Å². The first-order chi connectivity index (χ1) is 16.4. The van der Waals surface area contributed by atoms with E-state index in [2.05, 4.69) is 26.1 Å². The Balaban J connectivity index is 1.48. The molecule has 34 heavy (non-hydrogen) atoms. The number of thiophene rings is 1. The molecular weight excluding hydrogens is 490 g/mol. The van der Waals surface area contributed by atoms with E-state index in [9.17, 15) is 4.79 Å². The molecule has 0 fully saturated rings. The van der Waals surface area contributed by atoms with E-state index in [4.69, 9.17) is 28.6 Å². The highest BCUT2D eigenvalue weighted by Gasteiger charge is 2.24.